The number of ether oxygens (including phenoxy) is 1. The maximum absolute atomic E-state index is 12.9. The molecule has 1 fully saturated rings. The van der Waals surface area contributed by atoms with E-state index in [1.807, 2.05) is 4.90 Å². The Morgan fingerprint density at radius 1 is 1.25 bits per heavy atom. The van der Waals surface area contributed by atoms with Gasteiger partial charge in [-0.15, -0.1) is 0 Å². The van der Waals surface area contributed by atoms with Crippen molar-refractivity contribution in [1.29, 1.82) is 0 Å². The normalized spacial score (nSPS) is 16.6. The van der Waals surface area contributed by atoms with Gasteiger partial charge in [-0.05, 0) is 32.0 Å². The van der Waals surface area contributed by atoms with Gasteiger partial charge in [0.1, 0.15) is 16.3 Å². The van der Waals surface area contributed by atoms with E-state index in [9.17, 15) is 17.2 Å². The molecule has 7 nitrogen and oxygen atoms in total. The monoisotopic (exact) mass is 479 g/mol. The first-order valence-electron chi connectivity index (χ1n) is 8.57. The van der Waals surface area contributed by atoms with Crippen molar-refractivity contribution < 1.29 is 26.5 Å². The molecule has 2 aromatic rings. The summed E-state index contributed by atoms with van der Waals surface area (Å²) in [7, 11) is -3.69. The van der Waals surface area contributed by atoms with E-state index in [-0.39, 0.29) is 29.5 Å². The summed E-state index contributed by atoms with van der Waals surface area (Å²) in [6, 6.07) is 4.85. The van der Waals surface area contributed by atoms with Crippen LogP contribution in [-0.2, 0) is 16.6 Å². The molecule has 0 radical (unpaired) electrons. The second-order valence-corrected chi connectivity index (χ2v) is 9.25. The SMILES string of the molecule is Cc1noc(C)c1S(=O)(=O)N1CCN(Cc2cc(Br)ccc2OC(F)F)CC1. The predicted molar refractivity (Wildman–Crippen MR) is 101 cm³/mol. The molecule has 0 bridgehead atoms. The number of nitrogens with zero attached hydrogens (tertiary/aromatic N) is 3. The van der Waals surface area contributed by atoms with E-state index in [0.29, 0.717) is 30.9 Å². The Kier molecular flexibility index (Phi) is 6.37. The summed E-state index contributed by atoms with van der Waals surface area (Å²) < 4.78 is 62.7. The van der Waals surface area contributed by atoms with Crippen molar-refractivity contribution in [2.45, 2.75) is 31.9 Å². The fourth-order valence-corrected chi connectivity index (χ4v) is 5.35. The molecule has 1 aliphatic rings. The molecule has 3 rings (SSSR count). The number of rotatable bonds is 6. The van der Waals surface area contributed by atoms with Crippen molar-refractivity contribution in [3.8, 4) is 5.75 Å². The molecule has 1 aromatic heterocycles. The molecule has 0 amide bonds. The Labute approximate surface area is 170 Å². The van der Waals surface area contributed by atoms with Gasteiger partial charge in [0, 0.05) is 42.8 Å². The lowest BCUT2D eigenvalue weighted by molar-refractivity contribution is -0.0508. The Balaban J connectivity index is 1.69. The highest BCUT2D eigenvalue weighted by Gasteiger charge is 2.33. The van der Waals surface area contributed by atoms with Crippen molar-refractivity contribution >= 4 is 26.0 Å². The van der Waals surface area contributed by atoms with Crippen LogP contribution in [0.5, 0.6) is 5.75 Å². The number of benzene rings is 1. The topological polar surface area (TPSA) is 75.9 Å². The summed E-state index contributed by atoms with van der Waals surface area (Å²) in [4.78, 5) is 2.11. The second kappa shape index (κ2) is 8.44. The number of hydrogen-bond donors (Lipinski definition) is 0. The lowest BCUT2D eigenvalue weighted by Crippen LogP contribution is -2.48. The number of aryl methyl sites for hydroxylation is 2. The summed E-state index contributed by atoms with van der Waals surface area (Å²) in [6.45, 7) is 2.12. The van der Waals surface area contributed by atoms with Crippen molar-refractivity contribution in [3.05, 3.63) is 39.7 Å². The minimum atomic E-state index is -3.69. The zero-order valence-corrected chi connectivity index (χ0v) is 17.8. The molecule has 28 heavy (non-hydrogen) atoms. The molecule has 0 spiro atoms. The van der Waals surface area contributed by atoms with E-state index in [0.717, 1.165) is 4.47 Å². The molecule has 154 valence electrons. The zero-order chi connectivity index (χ0) is 20.5. The van der Waals surface area contributed by atoms with Crippen molar-refractivity contribution in [3.63, 3.8) is 0 Å². The number of aromatic nitrogens is 1. The van der Waals surface area contributed by atoms with Crippen LogP contribution in [0.15, 0.2) is 32.1 Å². The van der Waals surface area contributed by atoms with Crippen LogP contribution >= 0.6 is 15.9 Å². The molecule has 0 unspecified atom stereocenters. The van der Waals surface area contributed by atoms with Crippen molar-refractivity contribution in [2.24, 2.45) is 0 Å². The zero-order valence-electron chi connectivity index (χ0n) is 15.4. The molecule has 1 aromatic carbocycles. The van der Waals surface area contributed by atoms with Gasteiger partial charge in [-0.1, -0.05) is 21.1 Å². The summed E-state index contributed by atoms with van der Waals surface area (Å²) in [5.41, 5.74) is 0.944. The molecular formula is C17H20BrF2N3O4S. The molecule has 0 atom stereocenters. The van der Waals surface area contributed by atoms with Crippen LogP contribution in [0.3, 0.4) is 0 Å². The fourth-order valence-electron chi connectivity index (χ4n) is 3.22. The number of piperazine rings is 1. The second-order valence-electron chi connectivity index (χ2n) is 6.46. The summed E-state index contributed by atoms with van der Waals surface area (Å²) in [5.74, 6) is 0.381. The third kappa shape index (κ3) is 4.53. The number of alkyl halides is 2. The van der Waals surface area contributed by atoms with Gasteiger partial charge in [0.15, 0.2) is 5.76 Å². The molecule has 1 aliphatic heterocycles. The molecular weight excluding hydrogens is 460 g/mol. The molecule has 0 aliphatic carbocycles. The first-order chi connectivity index (χ1) is 13.2. The first kappa shape index (κ1) is 21.2. The van der Waals surface area contributed by atoms with Crippen LogP contribution in [0, 0.1) is 13.8 Å². The van der Waals surface area contributed by atoms with Crippen LogP contribution in [-0.4, -0.2) is 55.6 Å². The van der Waals surface area contributed by atoms with E-state index < -0.39 is 16.6 Å². The standard InChI is InChI=1S/C17H20BrF2N3O4S/c1-11-16(12(2)27-21-11)28(24,25)23-7-5-22(6-8-23)10-13-9-14(18)3-4-15(13)26-17(19)20/h3-4,9,17H,5-8,10H2,1-2H3. The van der Waals surface area contributed by atoms with E-state index in [2.05, 4.69) is 25.8 Å². The Morgan fingerprint density at radius 2 is 1.93 bits per heavy atom. The van der Waals surface area contributed by atoms with Crippen molar-refractivity contribution in [1.82, 2.24) is 14.4 Å². The largest absolute Gasteiger partial charge is 0.434 e. The fraction of sp³-hybridized carbons (Fsp3) is 0.471. The van der Waals surface area contributed by atoms with Gasteiger partial charge in [-0.3, -0.25) is 4.90 Å². The highest BCUT2D eigenvalue weighted by atomic mass is 79.9. The first-order valence-corrected chi connectivity index (χ1v) is 10.8. The van der Waals surface area contributed by atoms with Crippen LogP contribution in [0.1, 0.15) is 17.0 Å². The molecule has 0 saturated carbocycles. The van der Waals surface area contributed by atoms with E-state index in [1.54, 1.807) is 26.0 Å². The van der Waals surface area contributed by atoms with E-state index >= 15 is 0 Å². The third-order valence-corrected chi connectivity index (χ3v) is 7.17. The van der Waals surface area contributed by atoms with Gasteiger partial charge in [0.2, 0.25) is 10.0 Å². The maximum Gasteiger partial charge on any atom is 0.387 e. The van der Waals surface area contributed by atoms with Crippen LogP contribution in [0.25, 0.3) is 0 Å². The van der Waals surface area contributed by atoms with Gasteiger partial charge in [-0.2, -0.15) is 13.1 Å². The maximum atomic E-state index is 12.9. The van der Waals surface area contributed by atoms with Gasteiger partial charge in [0.05, 0.1) is 0 Å². The Hall–Kier alpha value is -1.56. The van der Waals surface area contributed by atoms with Gasteiger partial charge in [-0.25, -0.2) is 8.42 Å². The highest BCUT2D eigenvalue weighted by Crippen LogP contribution is 2.28. The average molecular weight is 480 g/mol. The smallest absolute Gasteiger partial charge is 0.387 e. The van der Waals surface area contributed by atoms with Gasteiger partial charge in [0.25, 0.3) is 0 Å². The minimum Gasteiger partial charge on any atom is -0.434 e. The third-order valence-electron chi connectivity index (χ3n) is 4.53. The molecule has 0 N–H and O–H groups in total. The number of sulfonamides is 1. The average Bonchev–Trinajstić information content (AvgIpc) is 2.96. The Morgan fingerprint density at radius 3 is 2.50 bits per heavy atom. The van der Waals surface area contributed by atoms with Gasteiger partial charge < -0.3 is 9.26 Å². The number of halogens is 3. The lowest BCUT2D eigenvalue weighted by atomic mass is 10.2. The predicted octanol–water partition coefficient (Wildman–Crippen LogP) is 3.16. The minimum absolute atomic E-state index is 0.112. The van der Waals surface area contributed by atoms with Crippen LogP contribution in [0.4, 0.5) is 8.78 Å². The summed E-state index contributed by atoms with van der Waals surface area (Å²) >= 11 is 3.33. The quantitative estimate of drug-likeness (QED) is 0.633. The molecule has 1 saturated heterocycles. The Bertz CT molecular complexity index is 924. The summed E-state index contributed by atoms with van der Waals surface area (Å²) in [5, 5.41) is 3.72. The van der Waals surface area contributed by atoms with Crippen molar-refractivity contribution in [2.75, 3.05) is 26.2 Å². The lowest BCUT2D eigenvalue weighted by Gasteiger charge is -2.34. The van der Waals surface area contributed by atoms with E-state index in [1.165, 1.54) is 10.4 Å². The molecule has 11 heteroatoms. The van der Waals surface area contributed by atoms with Crippen LogP contribution in [0.2, 0.25) is 0 Å². The number of hydrogen-bond acceptors (Lipinski definition) is 6. The van der Waals surface area contributed by atoms with E-state index in [4.69, 9.17) is 4.52 Å². The van der Waals surface area contributed by atoms with Crippen LogP contribution < -0.4 is 4.74 Å². The summed E-state index contributed by atoms with van der Waals surface area (Å²) in [6.07, 6.45) is 0. The highest BCUT2D eigenvalue weighted by molar-refractivity contribution is 9.10. The van der Waals surface area contributed by atoms with Gasteiger partial charge >= 0.3 is 6.61 Å². The molecule has 2 heterocycles.